The zero-order chi connectivity index (χ0) is 17.6. The van der Waals surface area contributed by atoms with Crippen molar-refractivity contribution in [3.8, 4) is 0 Å². The number of hydrogen-bond donors (Lipinski definition) is 0. The van der Waals surface area contributed by atoms with Crippen molar-refractivity contribution < 1.29 is 8.78 Å². The molecule has 0 saturated carbocycles. The highest BCUT2D eigenvalue weighted by atomic mass is 19.1. The summed E-state index contributed by atoms with van der Waals surface area (Å²) in [5.41, 5.74) is 2.50. The topological polar surface area (TPSA) is 43.1 Å². The SMILES string of the molecule is CCc1ccc2ncc([C@H](C)c3c(F)cc4ncccc4c3F)n2n1. The molecule has 0 aliphatic heterocycles. The van der Waals surface area contributed by atoms with E-state index in [1.54, 1.807) is 29.8 Å². The quantitative estimate of drug-likeness (QED) is 0.560. The molecule has 3 heterocycles. The van der Waals surface area contributed by atoms with Crippen molar-refractivity contribution in [1.29, 1.82) is 0 Å². The highest BCUT2D eigenvalue weighted by Gasteiger charge is 2.24. The van der Waals surface area contributed by atoms with Crippen LogP contribution in [0.15, 0.2) is 42.7 Å². The highest BCUT2D eigenvalue weighted by molar-refractivity contribution is 5.80. The molecular weight excluding hydrogens is 322 g/mol. The van der Waals surface area contributed by atoms with Crippen LogP contribution >= 0.6 is 0 Å². The lowest BCUT2D eigenvalue weighted by Crippen LogP contribution is -2.09. The van der Waals surface area contributed by atoms with Crippen LogP contribution in [0.25, 0.3) is 16.6 Å². The van der Waals surface area contributed by atoms with Crippen LogP contribution in [0.3, 0.4) is 0 Å². The number of rotatable bonds is 3. The third-order valence-corrected chi connectivity index (χ3v) is 4.52. The van der Waals surface area contributed by atoms with Crippen LogP contribution in [0, 0.1) is 11.6 Å². The molecule has 4 nitrogen and oxygen atoms in total. The molecule has 25 heavy (non-hydrogen) atoms. The Kier molecular flexibility index (Phi) is 3.67. The maximum absolute atomic E-state index is 15.0. The summed E-state index contributed by atoms with van der Waals surface area (Å²) >= 11 is 0. The Balaban J connectivity index is 1.92. The lowest BCUT2D eigenvalue weighted by Gasteiger charge is -2.15. The minimum absolute atomic E-state index is 0.00556. The first-order valence-corrected chi connectivity index (χ1v) is 8.16. The molecular formula is C19H16F2N4. The van der Waals surface area contributed by atoms with Gasteiger partial charge in [0.25, 0.3) is 0 Å². The summed E-state index contributed by atoms with van der Waals surface area (Å²) < 4.78 is 31.3. The summed E-state index contributed by atoms with van der Waals surface area (Å²) in [6, 6.07) is 8.29. The lowest BCUT2D eigenvalue weighted by atomic mass is 9.95. The molecule has 0 spiro atoms. The van der Waals surface area contributed by atoms with Gasteiger partial charge in [-0.1, -0.05) is 13.8 Å². The standard InChI is InChI=1S/C19H16F2N4/c1-3-12-6-7-17-23-10-16(25(17)24-12)11(2)18-14(20)9-15-13(19(18)21)5-4-8-22-15/h4-11H,3H2,1-2H3/t11-/m0/s1. The molecule has 0 N–H and O–H groups in total. The third kappa shape index (κ3) is 2.45. The van der Waals surface area contributed by atoms with E-state index in [-0.39, 0.29) is 5.56 Å². The van der Waals surface area contributed by atoms with Crippen molar-refractivity contribution in [3.63, 3.8) is 0 Å². The summed E-state index contributed by atoms with van der Waals surface area (Å²) in [6.07, 6.45) is 3.91. The van der Waals surface area contributed by atoms with Gasteiger partial charge in [0, 0.05) is 29.1 Å². The van der Waals surface area contributed by atoms with Crippen LogP contribution in [0.2, 0.25) is 0 Å². The highest BCUT2D eigenvalue weighted by Crippen LogP contribution is 2.32. The predicted octanol–water partition coefficient (Wildman–Crippen LogP) is 4.27. The monoisotopic (exact) mass is 338 g/mol. The number of aryl methyl sites for hydroxylation is 1. The van der Waals surface area contributed by atoms with Gasteiger partial charge < -0.3 is 0 Å². The number of aromatic nitrogens is 4. The van der Waals surface area contributed by atoms with Crippen LogP contribution in [-0.2, 0) is 6.42 Å². The fourth-order valence-electron chi connectivity index (χ4n) is 3.12. The minimum atomic E-state index is -0.613. The Labute approximate surface area is 143 Å². The van der Waals surface area contributed by atoms with E-state index in [4.69, 9.17) is 0 Å². The van der Waals surface area contributed by atoms with Gasteiger partial charge in [-0.2, -0.15) is 5.10 Å². The summed E-state index contributed by atoms with van der Waals surface area (Å²) in [7, 11) is 0. The van der Waals surface area contributed by atoms with E-state index in [0.717, 1.165) is 12.1 Å². The Morgan fingerprint density at radius 1 is 1.16 bits per heavy atom. The molecule has 3 aromatic heterocycles. The van der Waals surface area contributed by atoms with Crippen LogP contribution < -0.4 is 0 Å². The van der Waals surface area contributed by atoms with Crippen molar-refractivity contribution in [2.75, 3.05) is 0 Å². The van der Waals surface area contributed by atoms with Crippen molar-refractivity contribution >= 4 is 16.6 Å². The van der Waals surface area contributed by atoms with Gasteiger partial charge in [-0.25, -0.2) is 18.3 Å². The molecule has 0 fully saturated rings. The predicted molar refractivity (Wildman–Crippen MR) is 91.5 cm³/mol. The molecule has 0 radical (unpaired) electrons. The lowest BCUT2D eigenvalue weighted by molar-refractivity contribution is 0.550. The molecule has 126 valence electrons. The molecule has 6 heteroatoms. The van der Waals surface area contributed by atoms with Crippen LogP contribution in [0.5, 0.6) is 0 Å². The van der Waals surface area contributed by atoms with E-state index in [9.17, 15) is 8.78 Å². The van der Waals surface area contributed by atoms with E-state index >= 15 is 0 Å². The van der Waals surface area contributed by atoms with Gasteiger partial charge in [0.2, 0.25) is 0 Å². The number of nitrogens with zero attached hydrogens (tertiary/aromatic N) is 4. The van der Waals surface area contributed by atoms with Crippen molar-refractivity contribution in [2.24, 2.45) is 0 Å². The second-order valence-electron chi connectivity index (χ2n) is 6.01. The number of benzene rings is 1. The van der Waals surface area contributed by atoms with Gasteiger partial charge in [0.1, 0.15) is 11.6 Å². The fourth-order valence-corrected chi connectivity index (χ4v) is 3.12. The van der Waals surface area contributed by atoms with E-state index < -0.39 is 17.6 Å². The van der Waals surface area contributed by atoms with Crippen molar-refractivity contribution in [2.45, 2.75) is 26.2 Å². The molecule has 0 unspecified atom stereocenters. The van der Waals surface area contributed by atoms with E-state index in [1.165, 1.54) is 12.3 Å². The molecule has 0 aliphatic carbocycles. The molecule has 0 saturated heterocycles. The number of imidazole rings is 1. The molecule has 0 amide bonds. The molecule has 1 atom stereocenters. The Bertz CT molecular complexity index is 1090. The molecule has 0 bridgehead atoms. The summed E-state index contributed by atoms with van der Waals surface area (Å²) in [6.45, 7) is 3.76. The average Bonchev–Trinajstić information content (AvgIpc) is 3.04. The van der Waals surface area contributed by atoms with Gasteiger partial charge in [-0.05, 0) is 30.7 Å². The number of halogens is 2. The maximum Gasteiger partial charge on any atom is 0.153 e. The van der Waals surface area contributed by atoms with Gasteiger partial charge in [-0.3, -0.25) is 4.98 Å². The minimum Gasteiger partial charge on any atom is -0.256 e. The van der Waals surface area contributed by atoms with E-state index in [1.807, 2.05) is 19.1 Å². The summed E-state index contributed by atoms with van der Waals surface area (Å²) in [5, 5.41) is 4.83. The fraction of sp³-hybridized carbons (Fsp3) is 0.211. The Morgan fingerprint density at radius 3 is 2.80 bits per heavy atom. The van der Waals surface area contributed by atoms with Crippen molar-refractivity contribution in [1.82, 2.24) is 19.6 Å². The van der Waals surface area contributed by atoms with Crippen LogP contribution in [0.4, 0.5) is 8.78 Å². The summed E-state index contributed by atoms with van der Waals surface area (Å²) in [5.74, 6) is -1.74. The molecule has 4 rings (SSSR count). The maximum atomic E-state index is 15.0. The van der Waals surface area contributed by atoms with Gasteiger partial charge >= 0.3 is 0 Å². The normalized spacial score (nSPS) is 12.8. The van der Waals surface area contributed by atoms with Gasteiger partial charge in [0.05, 0.1) is 23.1 Å². The van der Waals surface area contributed by atoms with E-state index in [0.29, 0.717) is 22.2 Å². The number of hydrogen-bond acceptors (Lipinski definition) is 3. The first-order valence-electron chi connectivity index (χ1n) is 8.16. The van der Waals surface area contributed by atoms with Crippen LogP contribution in [-0.4, -0.2) is 19.6 Å². The molecule has 4 aromatic rings. The second kappa shape index (κ2) is 5.88. The Hall–Kier alpha value is -2.89. The van der Waals surface area contributed by atoms with Gasteiger partial charge in [0.15, 0.2) is 5.65 Å². The zero-order valence-electron chi connectivity index (χ0n) is 13.9. The first-order chi connectivity index (χ1) is 12.1. The number of fused-ring (bicyclic) bond motifs is 2. The first kappa shape index (κ1) is 15.6. The largest absolute Gasteiger partial charge is 0.256 e. The zero-order valence-corrected chi connectivity index (χ0v) is 13.9. The Morgan fingerprint density at radius 2 is 2.00 bits per heavy atom. The molecule has 0 aliphatic rings. The second-order valence-corrected chi connectivity index (χ2v) is 6.01. The van der Waals surface area contributed by atoms with Crippen molar-refractivity contribution in [3.05, 3.63) is 71.3 Å². The third-order valence-electron chi connectivity index (χ3n) is 4.52. The number of pyridine rings is 1. The van der Waals surface area contributed by atoms with Gasteiger partial charge in [-0.15, -0.1) is 0 Å². The smallest absolute Gasteiger partial charge is 0.153 e. The summed E-state index contributed by atoms with van der Waals surface area (Å²) in [4.78, 5) is 8.33. The molecule has 1 aromatic carbocycles. The average molecular weight is 338 g/mol. The van der Waals surface area contributed by atoms with E-state index in [2.05, 4.69) is 15.1 Å². The van der Waals surface area contributed by atoms with Crippen LogP contribution in [0.1, 0.15) is 36.7 Å².